The van der Waals surface area contributed by atoms with Crippen LogP contribution in [0.2, 0.25) is 0 Å². The number of Topliss-reactive ketones (excluding diaryl/α,β-unsaturated/α-hetero) is 1. The van der Waals surface area contributed by atoms with Crippen LogP contribution in [0.4, 0.5) is 0 Å². The second-order valence-corrected chi connectivity index (χ2v) is 4.49. The Hall–Kier alpha value is -0.630. The molecule has 2 nitrogen and oxygen atoms in total. The maximum absolute atomic E-state index is 11.0. The molecule has 1 unspecified atom stereocenters. The monoisotopic (exact) mass is 210 g/mol. The molecular formula is C13H22O2. The maximum Gasteiger partial charge on any atom is 0.133 e. The van der Waals surface area contributed by atoms with Crippen LogP contribution in [0, 0.1) is 5.92 Å². The highest BCUT2D eigenvalue weighted by atomic mass is 16.3. The van der Waals surface area contributed by atoms with Crippen molar-refractivity contribution >= 4 is 5.78 Å². The average Bonchev–Trinajstić information content (AvgIpc) is 2.62. The second kappa shape index (κ2) is 6.78. The second-order valence-electron chi connectivity index (χ2n) is 4.49. The Morgan fingerprint density at radius 3 is 2.93 bits per heavy atom. The number of allylic oxidation sites excluding steroid dienone is 1. The molecule has 86 valence electrons. The topological polar surface area (TPSA) is 37.3 Å². The highest BCUT2D eigenvalue weighted by molar-refractivity contribution is 5.80. The molecule has 0 spiro atoms. The molecule has 0 aromatic rings. The summed E-state index contributed by atoms with van der Waals surface area (Å²) < 4.78 is 0. The Kier molecular flexibility index (Phi) is 5.62. The lowest BCUT2D eigenvalue weighted by atomic mass is 10.0. The van der Waals surface area contributed by atoms with Crippen molar-refractivity contribution in [1.82, 2.24) is 0 Å². The van der Waals surface area contributed by atoms with Gasteiger partial charge in [-0.05, 0) is 18.8 Å². The molecule has 1 fully saturated rings. The minimum absolute atomic E-state index is 0.313. The molecule has 1 saturated carbocycles. The van der Waals surface area contributed by atoms with E-state index in [9.17, 15) is 9.90 Å². The van der Waals surface area contributed by atoms with E-state index in [2.05, 4.69) is 6.92 Å². The summed E-state index contributed by atoms with van der Waals surface area (Å²) in [5.41, 5.74) is 0. The Labute approximate surface area is 92.4 Å². The predicted octanol–water partition coefficient (Wildman–Crippen LogP) is 2.85. The molecule has 2 heteroatoms. The van der Waals surface area contributed by atoms with Crippen LogP contribution in [-0.4, -0.2) is 17.0 Å². The summed E-state index contributed by atoms with van der Waals surface area (Å²) in [6.45, 7) is 2.16. The number of aliphatic hydroxyl groups excluding tert-OH is 1. The van der Waals surface area contributed by atoms with E-state index in [4.69, 9.17) is 0 Å². The fraction of sp³-hybridized carbons (Fsp3) is 0.769. The Morgan fingerprint density at radius 1 is 1.53 bits per heavy atom. The summed E-state index contributed by atoms with van der Waals surface area (Å²) in [6, 6.07) is 0. The van der Waals surface area contributed by atoms with Crippen LogP contribution in [0.15, 0.2) is 12.2 Å². The molecule has 0 radical (unpaired) electrons. The smallest absolute Gasteiger partial charge is 0.133 e. The molecule has 1 aliphatic rings. The zero-order valence-corrected chi connectivity index (χ0v) is 9.61. The van der Waals surface area contributed by atoms with E-state index in [1.807, 2.05) is 12.2 Å². The van der Waals surface area contributed by atoms with Gasteiger partial charge in [-0.25, -0.2) is 0 Å². The Balaban J connectivity index is 2.16. The first kappa shape index (κ1) is 12.4. The van der Waals surface area contributed by atoms with Crippen molar-refractivity contribution < 1.29 is 9.90 Å². The van der Waals surface area contributed by atoms with Crippen molar-refractivity contribution in [3.05, 3.63) is 12.2 Å². The van der Waals surface area contributed by atoms with Crippen LogP contribution in [0.1, 0.15) is 51.9 Å². The molecule has 0 bridgehead atoms. The third-order valence-electron chi connectivity index (χ3n) is 2.99. The van der Waals surface area contributed by atoms with Gasteiger partial charge in [0.25, 0.3) is 0 Å². The van der Waals surface area contributed by atoms with Crippen LogP contribution in [-0.2, 0) is 4.79 Å². The standard InChI is InChI=1S/C13H22O2/c1-2-3-4-5-12(14)8-6-11-7-9-13(15)10-11/h6,8,11-12,14H,2-5,7,9-10H2,1H3/b8-6+/t11-,12?/m0/s1. The summed E-state index contributed by atoms with van der Waals surface area (Å²) in [5, 5.41) is 9.63. The third kappa shape index (κ3) is 5.12. The average molecular weight is 210 g/mol. The molecule has 0 heterocycles. The van der Waals surface area contributed by atoms with Crippen LogP contribution in [0.3, 0.4) is 0 Å². The summed E-state index contributed by atoms with van der Waals surface area (Å²) in [4.78, 5) is 11.0. The van der Waals surface area contributed by atoms with Crippen molar-refractivity contribution in [2.45, 2.75) is 58.0 Å². The van der Waals surface area contributed by atoms with E-state index in [1.165, 1.54) is 12.8 Å². The number of hydrogen-bond acceptors (Lipinski definition) is 2. The first-order valence-corrected chi connectivity index (χ1v) is 6.10. The number of hydrogen-bond donors (Lipinski definition) is 1. The third-order valence-corrected chi connectivity index (χ3v) is 2.99. The van der Waals surface area contributed by atoms with E-state index < -0.39 is 0 Å². The van der Waals surface area contributed by atoms with Gasteiger partial charge in [0, 0.05) is 12.8 Å². The van der Waals surface area contributed by atoms with Gasteiger partial charge in [0.05, 0.1) is 6.10 Å². The molecule has 0 amide bonds. The predicted molar refractivity (Wildman–Crippen MR) is 61.6 cm³/mol. The van der Waals surface area contributed by atoms with Gasteiger partial charge in [-0.3, -0.25) is 4.79 Å². The van der Waals surface area contributed by atoms with E-state index >= 15 is 0 Å². The first-order valence-electron chi connectivity index (χ1n) is 6.10. The van der Waals surface area contributed by atoms with Gasteiger partial charge in [0.15, 0.2) is 0 Å². The first-order chi connectivity index (χ1) is 7.22. The molecule has 1 aliphatic carbocycles. The number of carbonyl (C=O) groups excluding carboxylic acids is 1. The fourth-order valence-electron chi connectivity index (χ4n) is 1.99. The fourth-order valence-corrected chi connectivity index (χ4v) is 1.99. The number of carbonyl (C=O) groups is 1. The summed E-state index contributed by atoms with van der Waals surface area (Å²) in [5.74, 6) is 0.753. The van der Waals surface area contributed by atoms with Crippen molar-refractivity contribution in [1.29, 1.82) is 0 Å². The highest BCUT2D eigenvalue weighted by Gasteiger charge is 2.19. The van der Waals surface area contributed by atoms with Crippen LogP contribution in [0.25, 0.3) is 0 Å². The van der Waals surface area contributed by atoms with Gasteiger partial charge in [-0.1, -0.05) is 38.3 Å². The van der Waals surface area contributed by atoms with E-state index in [0.29, 0.717) is 18.1 Å². The van der Waals surface area contributed by atoms with Crippen LogP contribution in [0.5, 0.6) is 0 Å². The maximum atomic E-state index is 11.0. The Morgan fingerprint density at radius 2 is 2.33 bits per heavy atom. The lowest BCUT2D eigenvalue weighted by molar-refractivity contribution is -0.117. The van der Waals surface area contributed by atoms with Crippen molar-refractivity contribution in [2.75, 3.05) is 0 Å². The van der Waals surface area contributed by atoms with Gasteiger partial charge in [0.1, 0.15) is 5.78 Å². The lowest BCUT2D eigenvalue weighted by Crippen LogP contribution is -2.02. The minimum Gasteiger partial charge on any atom is -0.389 e. The largest absolute Gasteiger partial charge is 0.389 e. The molecule has 0 saturated heterocycles. The zero-order valence-electron chi connectivity index (χ0n) is 9.61. The van der Waals surface area contributed by atoms with Gasteiger partial charge in [0.2, 0.25) is 0 Å². The summed E-state index contributed by atoms with van der Waals surface area (Å²) in [6.07, 6.45) is 10.3. The number of rotatable bonds is 6. The molecule has 0 aliphatic heterocycles. The van der Waals surface area contributed by atoms with Gasteiger partial charge >= 0.3 is 0 Å². The SMILES string of the molecule is CCCCCC(O)/C=C/[C@H]1CCC(=O)C1. The van der Waals surface area contributed by atoms with Crippen molar-refractivity contribution in [3.8, 4) is 0 Å². The molecule has 0 aromatic carbocycles. The summed E-state index contributed by atoms with van der Waals surface area (Å²) in [7, 11) is 0. The summed E-state index contributed by atoms with van der Waals surface area (Å²) >= 11 is 0. The van der Waals surface area contributed by atoms with Gasteiger partial charge in [-0.15, -0.1) is 0 Å². The molecule has 15 heavy (non-hydrogen) atoms. The lowest BCUT2D eigenvalue weighted by Gasteiger charge is -2.06. The van der Waals surface area contributed by atoms with E-state index in [1.54, 1.807) is 0 Å². The highest BCUT2D eigenvalue weighted by Crippen LogP contribution is 2.23. The molecule has 0 aromatic heterocycles. The molecule has 1 N–H and O–H groups in total. The van der Waals surface area contributed by atoms with Gasteiger partial charge < -0.3 is 5.11 Å². The molecule has 1 rings (SSSR count). The van der Waals surface area contributed by atoms with E-state index in [0.717, 1.165) is 25.7 Å². The molecular weight excluding hydrogens is 188 g/mol. The quantitative estimate of drug-likeness (QED) is 0.540. The van der Waals surface area contributed by atoms with Crippen LogP contribution < -0.4 is 0 Å². The van der Waals surface area contributed by atoms with Crippen molar-refractivity contribution in [3.63, 3.8) is 0 Å². The zero-order chi connectivity index (χ0) is 11.1. The number of aliphatic hydroxyl groups is 1. The normalized spacial score (nSPS) is 23.9. The van der Waals surface area contributed by atoms with Crippen molar-refractivity contribution in [2.24, 2.45) is 5.92 Å². The van der Waals surface area contributed by atoms with Gasteiger partial charge in [-0.2, -0.15) is 0 Å². The number of ketones is 1. The number of unbranched alkanes of at least 4 members (excludes halogenated alkanes) is 2. The van der Waals surface area contributed by atoms with Crippen LogP contribution >= 0.6 is 0 Å². The minimum atomic E-state index is -0.313. The molecule has 2 atom stereocenters. The Bertz CT molecular complexity index is 221. The van der Waals surface area contributed by atoms with E-state index in [-0.39, 0.29) is 6.10 Å².